The Morgan fingerprint density at radius 1 is 1.10 bits per heavy atom. The number of rotatable bonds is 5. The Morgan fingerprint density at radius 3 is 2.50 bits per heavy atom. The van der Waals surface area contributed by atoms with Gasteiger partial charge < -0.3 is 10.5 Å². The van der Waals surface area contributed by atoms with Gasteiger partial charge in [-0.1, -0.05) is 43.7 Å². The molecule has 2 aromatic carbocycles. The lowest BCUT2D eigenvalue weighted by Crippen LogP contribution is -2.01. The molecule has 0 amide bonds. The molecule has 0 saturated carbocycles. The van der Waals surface area contributed by atoms with E-state index in [9.17, 15) is 4.39 Å². The number of halogens is 2. The Balaban J connectivity index is 0.00000256. The van der Waals surface area contributed by atoms with E-state index in [2.05, 4.69) is 17.0 Å². The third-order valence-electron chi connectivity index (χ3n) is 4.90. The van der Waals surface area contributed by atoms with Crippen LogP contribution in [0.5, 0.6) is 5.75 Å². The van der Waals surface area contributed by atoms with E-state index in [0.717, 1.165) is 40.7 Å². The van der Waals surface area contributed by atoms with E-state index in [1.54, 1.807) is 10.7 Å². The van der Waals surface area contributed by atoms with Crippen molar-refractivity contribution < 1.29 is 9.13 Å². The predicted molar refractivity (Wildman–Crippen MR) is 119 cm³/mol. The third kappa shape index (κ3) is 3.68. The topological polar surface area (TPSA) is 78.9 Å². The van der Waals surface area contributed by atoms with Crippen molar-refractivity contribution in [3.63, 3.8) is 0 Å². The van der Waals surface area contributed by atoms with E-state index in [-0.39, 0.29) is 18.2 Å². The molecule has 0 saturated heterocycles. The quantitative estimate of drug-likeness (QED) is 0.494. The fourth-order valence-electron chi connectivity index (χ4n) is 3.56. The van der Waals surface area contributed by atoms with Crippen molar-refractivity contribution >= 4 is 29.3 Å². The lowest BCUT2D eigenvalue weighted by atomic mass is 9.98. The van der Waals surface area contributed by atoms with E-state index < -0.39 is 5.82 Å². The molecule has 0 unspecified atom stereocenters. The highest BCUT2D eigenvalue weighted by atomic mass is 35.5. The van der Waals surface area contributed by atoms with Crippen molar-refractivity contribution in [1.29, 1.82) is 0 Å². The van der Waals surface area contributed by atoms with Crippen LogP contribution >= 0.6 is 12.4 Å². The zero-order chi connectivity index (χ0) is 20.5. The number of methoxy groups -OCH3 is 1. The maximum absolute atomic E-state index is 14.3. The molecule has 2 aromatic heterocycles. The molecule has 30 heavy (non-hydrogen) atoms. The Morgan fingerprint density at radius 2 is 1.83 bits per heavy atom. The van der Waals surface area contributed by atoms with Gasteiger partial charge >= 0.3 is 0 Å². The molecule has 0 aliphatic carbocycles. The maximum atomic E-state index is 14.3. The fourth-order valence-corrected chi connectivity index (χ4v) is 3.56. The minimum absolute atomic E-state index is 0. The SMILES string of the molecule is CCCc1nn(C)c2c(N)nc(-c3ccccc3-c3ccc(OC)c(F)c3)nc12.Cl. The van der Waals surface area contributed by atoms with Crippen LogP contribution in [0.4, 0.5) is 10.2 Å². The minimum Gasteiger partial charge on any atom is -0.494 e. The van der Waals surface area contributed by atoms with Crippen LogP contribution in [-0.2, 0) is 13.5 Å². The first kappa shape index (κ1) is 21.5. The molecule has 8 heteroatoms. The van der Waals surface area contributed by atoms with Crippen LogP contribution in [-0.4, -0.2) is 26.9 Å². The van der Waals surface area contributed by atoms with Gasteiger partial charge in [0.15, 0.2) is 23.2 Å². The van der Waals surface area contributed by atoms with Crippen LogP contribution in [0.25, 0.3) is 33.5 Å². The summed E-state index contributed by atoms with van der Waals surface area (Å²) < 4.78 is 21.0. The largest absolute Gasteiger partial charge is 0.494 e. The van der Waals surface area contributed by atoms with Crippen LogP contribution in [0.2, 0.25) is 0 Å². The molecule has 6 nitrogen and oxygen atoms in total. The molecule has 0 spiro atoms. The normalized spacial score (nSPS) is 10.8. The van der Waals surface area contributed by atoms with Gasteiger partial charge in [-0.05, 0) is 29.7 Å². The molecule has 0 aliphatic rings. The molecule has 0 bridgehead atoms. The zero-order valence-corrected chi connectivity index (χ0v) is 17.8. The first-order valence-corrected chi connectivity index (χ1v) is 9.45. The van der Waals surface area contributed by atoms with Gasteiger partial charge in [-0.2, -0.15) is 5.10 Å². The number of nitrogens with zero attached hydrogens (tertiary/aromatic N) is 4. The number of fused-ring (bicyclic) bond motifs is 1. The van der Waals surface area contributed by atoms with Crippen LogP contribution in [0.15, 0.2) is 42.5 Å². The standard InChI is InChI=1S/C22H22FN5O.ClH/c1-4-7-17-19-20(28(2)27-17)21(24)26-22(25-19)15-9-6-5-8-14(15)13-10-11-18(29-3)16(23)12-13;/h5-6,8-12H,4,7H2,1-3H3,(H2,24,25,26);1H. The number of aromatic nitrogens is 4. The second-order valence-corrected chi connectivity index (χ2v) is 6.84. The van der Waals surface area contributed by atoms with Crippen molar-refractivity contribution in [3.05, 3.63) is 54.0 Å². The average Bonchev–Trinajstić information content (AvgIpc) is 3.04. The maximum Gasteiger partial charge on any atom is 0.165 e. The summed E-state index contributed by atoms with van der Waals surface area (Å²) in [6.07, 6.45) is 1.76. The highest BCUT2D eigenvalue weighted by molar-refractivity contribution is 5.90. The summed E-state index contributed by atoms with van der Waals surface area (Å²) in [4.78, 5) is 9.33. The predicted octanol–water partition coefficient (Wildman–Crippen LogP) is 4.80. The molecule has 0 aliphatic heterocycles. The van der Waals surface area contributed by atoms with Gasteiger partial charge in [0.2, 0.25) is 0 Å². The molecule has 2 N–H and O–H groups in total. The first-order chi connectivity index (χ1) is 14.0. The van der Waals surface area contributed by atoms with Crippen LogP contribution in [0, 0.1) is 5.82 Å². The molecule has 4 aromatic rings. The zero-order valence-electron chi connectivity index (χ0n) is 17.0. The van der Waals surface area contributed by atoms with Crippen LogP contribution in [0.1, 0.15) is 19.0 Å². The van der Waals surface area contributed by atoms with Gasteiger partial charge in [0.1, 0.15) is 11.0 Å². The summed E-state index contributed by atoms with van der Waals surface area (Å²) in [5.41, 5.74) is 10.9. The number of hydrogen-bond donors (Lipinski definition) is 1. The number of hydrogen-bond acceptors (Lipinski definition) is 5. The van der Waals surface area contributed by atoms with Crippen molar-refractivity contribution in [3.8, 4) is 28.3 Å². The number of benzene rings is 2. The number of nitrogen functional groups attached to an aromatic ring is 1. The van der Waals surface area contributed by atoms with Gasteiger partial charge in [0.25, 0.3) is 0 Å². The van der Waals surface area contributed by atoms with Crippen LogP contribution < -0.4 is 10.5 Å². The molecule has 0 atom stereocenters. The summed E-state index contributed by atoms with van der Waals surface area (Å²) in [5.74, 6) is 0.645. The van der Waals surface area contributed by atoms with E-state index in [4.69, 9.17) is 15.5 Å². The highest BCUT2D eigenvalue weighted by Crippen LogP contribution is 2.34. The second kappa shape index (κ2) is 8.67. The number of anilines is 1. The average molecular weight is 428 g/mol. The van der Waals surface area contributed by atoms with Crippen LogP contribution in [0.3, 0.4) is 0 Å². The summed E-state index contributed by atoms with van der Waals surface area (Å²) in [6, 6.07) is 12.5. The number of aryl methyl sites for hydroxylation is 2. The Kier molecular flexibility index (Phi) is 6.22. The summed E-state index contributed by atoms with van der Waals surface area (Å²) in [6.45, 7) is 2.10. The minimum atomic E-state index is -0.423. The Labute approximate surface area is 180 Å². The Bertz CT molecular complexity index is 1210. The van der Waals surface area contributed by atoms with Crippen molar-refractivity contribution in [2.24, 2.45) is 7.05 Å². The third-order valence-corrected chi connectivity index (χ3v) is 4.90. The molecule has 0 fully saturated rings. The van der Waals surface area contributed by atoms with Gasteiger partial charge in [-0.25, -0.2) is 14.4 Å². The summed E-state index contributed by atoms with van der Waals surface area (Å²) in [7, 11) is 3.29. The smallest absolute Gasteiger partial charge is 0.165 e. The Hall–Kier alpha value is -3.19. The fraction of sp³-hybridized carbons (Fsp3) is 0.227. The van der Waals surface area contributed by atoms with E-state index in [1.165, 1.54) is 13.2 Å². The lowest BCUT2D eigenvalue weighted by molar-refractivity contribution is 0.386. The first-order valence-electron chi connectivity index (χ1n) is 9.45. The highest BCUT2D eigenvalue weighted by Gasteiger charge is 2.18. The molecule has 0 radical (unpaired) electrons. The number of nitrogens with two attached hydrogens (primary N) is 1. The monoisotopic (exact) mass is 427 g/mol. The second-order valence-electron chi connectivity index (χ2n) is 6.84. The lowest BCUT2D eigenvalue weighted by Gasteiger charge is -2.11. The summed E-state index contributed by atoms with van der Waals surface area (Å²) in [5, 5.41) is 4.56. The van der Waals surface area contributed by atoms with Gasteiger partial charge in [-0.3, -0.25) is 4.68 Å². The van der Waals surface area contributed by atoms with Crippen molar-refractivity contribution in [2.45, 2.75) is 19.8 Å². The molecular weight excluding hydrogens is 405 g/mol. The summed E-state index contributed by atoms with van der Waals surface area (Å²) >= 11 is 0. The molecular formula is C22H23ClFN5O. The van der Waals surface area contributed by atoms with Crippen molar-refractivity contribution in [1.82, 2.24) is 19.7 Å². The van der Waals surface area contributed by atoms with E-state index in [0.29, 0.717) is 17.2 Å². The molecule has 2 heterocycles. The van der Waals surface area contributed by atoms with Crippen molar-refractivity contribution in [2.75, 3.05) is 12.8 Å². The van der Waals surface area contributed by atoms with E-state index >= 15 is 0 Å². The molecule has 4 rings (SSSR count). The molecule has 156 valence electrons. The van der Waals surface area contributed by atoms with E-state index in [1.807, 2.05) is 37.4 Å². The van der Waals surface area contributed by atoms with Gasteiger partial charge in [-0.15, -0.1) is 12.4 Å². The van der Waals surface area contributed by atoms with Gasteiger partial charge in [0.05, 0.1) is 12.8 Å². The van der Waals surface area contributed by atoms with Gasteiger partial charge in [0, 0.05) is 12.6 Å². The number of ether oxygens (including phenoxy) is 1.